The van der Waals surface area contributed by atoms with Crippen molar-refractivity contribution < 1.29 is 9.90 Å². The number of rotatable bonds is 5. The Morgan fingerprint density at radius 2 is 2.40 bits per heavy atom. The minimum Gasteiger partial charge on any atom is -0.481 e. The number of hydrogen-bond donors (Lipinski definition) is 1. The molecule has 0 amide bonds. The molecule has 0 saturated carbocycles. The molecule has 0 radical (unpaired) electrons. The summed E-state index contributed by atoms with van der Waals surface area (Å²) in [5.41, 5.74) is 0. The van der Waals surface area contributed by atoms with Gasteiger partial charge in [0.05, 0.1) is 6.42 Å². The standard InChI is InChI=1S/C12H21NO2/c1-3-13(10(2)9-12(14)15)11-7-5-4-6-8-11/h5,7,10-11H,3-4,6,8-9H2,1-2H3,(H,14,15). The van der Waals surface area contributed by atoms with Crippen LogP contribution < -0.4 is 0 Å². The molecule has 1 aliphatic carbocycles. The first-order valence-electron chi connectivity index (χ1n) is 5.79. The highest BCUT2D eigenvalue weighted by Crippen LogP contribution is 2.19. The van der Waals surface area contributed by atoms with Crippen molar-refractivity contribution in [1.82, 2.24) is 4.90 Å². The van der Waals surface area contributed by atoms with E-state index in [4.69, 9.17) is 5.11 Å². The molecule has 3 heteroatoms. The van der Waals surface area contributed by atoms with E-state index < -0.39 is 5.97 Å². The second-order valence-electron chi connectivity index (χ2n) is 4.20. The molecule has 2 atom stereocenters. The summed E-state index contributed by atoms with van der Waals surface area (Å²) in [5.74, 6) is -0.708. The van der Waals surface area contributed by atoms with Crippen LogP contribution >= 0.6 is 0 Å². The Morgan fingerprint density at radius 1 is 1.67 bits per heavy atom. The molecule has 0 spiro atoms. The van der Waals surface area contributed by atoms with Gasteiger partial charge < -0.3 is 5.11 Å². The largest absolute Gasteiger partial charge is 0.481 e. The quantitative estimate of drug-likeness (QED) is 0.709. The normalized spacial score (nSPS) is 23.0. The van der Waals surface area contributed by atoms with Gasteiger partial charge in [0.1, 0.15) is 0 Å². The molecule has 0 bridgehead atoms. The fourth-order valence-corrected chi connectivity index (χ4v) is 2.31. The number of likely N-dealkylation sites (N-methyl/N-ethyl adjacent to an activating group) is 1. The molecular formula is C12H21NO2. The van der Waals surface area contributed by atoms with Crippen LogP contribution in [0.5, 0.6) is 0 Å². The molecule has 3 nitrogen and oxygen atoms in total. The Morgan fingerprint density at radius 3 is 2.87 bits per heavy atom. The SMILES string of the molecule is CCN(C(C)CC(=O)O)C1C=CCCC1. The van der Waals surface area contributed by atoms with Crippen LogP contribution in [0.2, 0.25) is 0 Å². The average molecular weight is 211 g/mol. The number of aliphatic carboxylic acids is 1. The highest BCUT2D eigenvalue weighted by Gasteiger charge is 2.22. The Labute approximate surface area is 91.8 Å². The van der Waals surface area contributed by atoms with Gasteiger partial charge >= 0.3 is 5.97 Å². The predicted molar refractivity (Wildman–Crippen MR) is 60.9 cm³/mol. The lowest BCUT2D eigenvalue weighted by Crippen LogP contribution is -2.42. The van der Waals surface area contributed by atoms with Crippen molar-refractivity contribution in [2.45, 2.75) is 51.6 Å². The van der Waals surface area contributed by atoms with Crippen LogP contribution in [0.1, 0.15) is 39.5 Å². The number of carboxylic acid groups (broad SMARTS) is 1. The van der Waals surface area contributed by atoms with E-state index in [-0.39, 0.29) is 12.5 Å². The maximum Gasteiger partial charge on any atom is 0.304 e. The summed E-state index contributed by atoms with van der Waals surface area (Å²) in [4.78, 5) is 12.9. The van der Waals surface area contributed by atoms with Gasteiger partial charge in [-0.15, -0.1) is 0 Å². The van der Waals surface area contributed by atoms with Crippen molar-refractivity contribution in [2.75, 3.05) is 6.54 Å². The molecule has 0 saturated heterocycles. The van der Waals surface area contributed by atoms with Gasteiger partial charge in [-0.3, -0.25) is 9.69 Å². The number of carboxylic acids is 1. The van der Waals surface area contributed by atoms with Crippen molar-refractivity contribution in [3.8, 4) is 0 Å². The number of hydrogen-bond acceptors (Lipinski definition) is 2. The predicted octanol–water partition coefficient (Wildman–Crippen LogP) is 2.28. The second kappa shape index (κ2) is 5.91. The fourth-order valence-electron chi connectivity index (χ4n) is 2.31. The molecular weight excluding hydrogens is 190 g/mol. The van der Waals surface area contributed by atoms with E-state index in [0.717, 1.165) is 13.0 Å². The van der Waals surface area contributed by atoms with Gasteiger partial charge in [0, 0.05) is 12.1 Å². The third kappa shape index (κ3) is 3.67. The molecule has 1 aliphatic rings. The lowest BCUT2D eigenvalue weighted by molar-refractivity contribution is -0.138. The van der Waals surface area contributed by atoms with Crippen LogP contribution in [0.4, 0.5) is 0 Å². The Hall–Kier alpha value is -0.830. The zero-order chi connectivity index (χ0) is 11.3. The van der Waals surface area contributed by atoms with E-state index in [1.165, 1.54) is 12.8 Å². The molecule has 0 heterocycles. The van der Waals surface area contributed by atoms with Crippen molar-refractivity contribution in [1.29, 1.82) is 0 Å². The first-order chi connectivity index (χ1) is 7.15. The molecule has 0 fully saturated rings. The summed E-state index contributed by atoms with van der Waals surface area (Å²) in [6, 6.07) is 0.568. The molecule has 0 aromatic heterocycles. The van der Waals surface area contributed by atoms with E-state index in [9.17, 15) is 4.79 Å². The molecule has 0 aromatic rings. The van der Waals surface area contributed by atoms with Gasteiger partial charge in [-0.05, 0) is 32.7 Å². The lowest BCUT2D eigenvalue weighted by Gasteiger charge is -2.34. The summed E-state index contributed by atoms with van der Waals surface area (Å²) in [6.07, 6.45) is 8.22. The second-order valence-corrected chi connectivity index (χ2v) is 4.20. The van der Waals surface area contributed by atoms with Crippen LogP contribution in [0, 0.1) is 0 Å². The monoisotopic (exact) mass is 211 g/mol. The molecule has 1 rings (SSSR count). The summed E-state index contributed by atoms with van der Waals surface area (Å²) >= 11 is 0. The molecule has 2 unspecified atom stereocenters. The Kier molecular flexibility index (Phi) is 4.82. The van der Waals surface area contributed by atoms with Gasteiger partial charge in [-0.1, -0.05) is 19.1 Å². The van der Waals surface area contributed by atoms with Gasteiger partial charge in [0.15, 0.2) is 0 Å². The van der Waals surface area contributed by atoms with Gasteiger partial charge in [0.25, 0.3) is 0 Å². The van der Waals surface area contributed by atoms with Crippen LogP contribution in [-0.2, 0) is 4.79 Å². The number of allylic oxidation sites excluding steroid dienone is 1. The van der Waals surface area contributed by atoms with Crippen LogP contribution in [0.3, 0.4) is 0 Å². The molecule has 0 aromatic carbocycles. The highest BCUT2D eigenvalue weighted by molar-refractivity contribution is 5.67. The van der Waals surface area contributed by atoms with Crippen LogP contribution in [-0.4, -0.2) is 34.6 Å². The van der Waals surface area contributed by atoms with Crippen molar-refractivity contribution in [2.24, 2.45) is 0 Å². The maximum absolute atomic E-state index is 10.7. The van der Waals surface area contributed by atoms with E-state index in [0.29, 0.717) is 6.04 Å². The Balaban J connectivity index is 2.56. The molecule has 0 aliphatic heterocycles. The zero-order valence-corrected chi connectivity index (χ0v) is 9.65. The van der Waals surface area contributed by atoms with E-state index in [1.807, 2.05) is 6.92 Å². The van der Waals surface area contributed by atoms with E-state index in [1.54, 1.807) is 0 Å². The summed E-state index contributed by atoms with van der Waals surface area (Å²) in [7, 11) is 0. The zero-order valence-electron chi connectivity index (χ0n) is 9.65. The fraction of sp³-hybridized carbons (Fsp3) is 0.750. The summed E-state index contributed by atoms with van der Waals surface area (Å²) in [5, 5.41) is 8.78. The summed E-state index contributed by atoms with van der Waals surface area (Å²) in [6.45, 7) is 5.02. The molecule has 86 valence electrons. The minimum absolute atomic E-state index is 0.125. The van der Waals surface area contributed by atoms with Crippen molar-refractivity contribution in [3.05, 3.63) is 12.2 Å². The smallest absolute Gasteiger partial charge is 0.304 e. The lowest BCUT2D eigenvalue weighted by atomic mass is 9.99. The first-order valence-corrected chi connectivity index (χ1v) is 5.79. The third-order valence-electron chi connectivity index (χ3n) is 3.06. The highest BCUT2D eigenvalue weighted by atomic mass is 16.4. The summed E-state index contributed by atoms with van der Waals surface area (Å²) < 4.78 is 0. The number of nitrogens with zero attached hydrogens (tertiary/aromatic N) is 1. The van der Waals surface area contributed by atoms with Crippen molar-refractivity contribution in [3.63, 3.8) is 0 Å². The topological polar surface area (TPSA) is 40.5 Å². The Bertz CT molecular complexity index is 238. The van der Waals surface area contributed by atoms with E-state index >= 15 is 0 Å². The average Bonchev–Trinajstić information content (AvgIpc) is 2.19. The van der Waals surface area contributed by atoms with Gasteiger partial charge in [-0.2, -0.15) is 0 Å². The van der Waals surface area contributed by atoms with Crippen LogP contribution in [0.25, 0.3) is 0 Å². The van der Waals surface area contributed by atoms with Crippen molar-refractivity contribution >= 4 is 5.97 Å². The maximum atomic E-state index is 10.7. The minimum atomic E-state index is -0.708. The third-order valence-corrected chi connectivity index (χ3v) is 3.06. The molecule has 15 heavy (non-hydrogen) atoms. The van der Waals surface area contributed by atoms with E-state index in [2.05, 4.69) is 24.0 Å². The first kappa shape index (κ1) is 12.2. The molecule has 1 N–H and O–H groups in total. The van der Waals surface area contributed by atoms with Gasteiger partial charge in [-0.25, -0.2) is 0 Å². The van der Waals surface area contributed by atoms with Gasteiger partial charge in [0.2, 0.25) is 0 Å². The number of carbonyl (C=O) groups is 1. The van der Waals surface area contributed by atoms with Crippen LogP contribution in [0.15, 0.2) is 12.2 Å².